The lowest BCUT2D eigenvalue weighted by molar-refractivity contribution is 0.271. The van der Waals surface area contributed by atoms with Crippen LogP contribution < -0.4 is 10.5 Å². The Morgan fingerprint density at radius 3 is 2.35 bits per heavy atom. The van der Waals surface area contributed by atoms with Crippen molar-refractivity contribution in [1.82, 2.24) is 0 Å². The first-order chi connectivity index (χ1) is 7.85. The quantitative estimate of drug-likeness (QED) is 0.862. The summed E-state index contributed by atoms with van der Waals surface area (Å²) in [5.74, 6) is 0.944. The number of hydrogen-bond acceptors (Lipinski definition) is 2. The van der Waals surface area contributed by atoms with E-state index in [0.717, 1.165) is 17.7 Å². The van der Waals surface area contributed by atoms with Crippen molar-refractivity contribution in [1.29, 1.82) is 0 Å². The molecule has 96 valence electrons. The monoisotopic (exact) mass is 235 g/mol. The average Bonchev–Trinajstić information content (AvgIpc) is 2.31. The van der Waals surface area contributed by atoms with Crippen molar-refractivity contribution in [3.05, 3.63) is 28.8 Å². The van der Waals surface area contributed by atoms with Crippen LogP contribution in [-0.4, -0.2) is 7.11 Å². The first-order valence-corrected chi connectivity index (χ1v) is 6.24. The number of rotatable bonds is 4. The Morgan fingerprint density at radius 2 is 1.88 bits per heavy atom. The van der Waals surface area contributed by atoms with Crippen molar-refractivity contribution in [3.63, 3.8) is 0 Å². The van der Waals surface area contributed by atoms with Crippen molar-refractivity contribution < 1.29 is 4.74 Å². The van der Waals surface area contributed by atoms with Gasteiger partial charge in [0.25, 0.3) is 0 Å². The lowest BCUT2D eigenvalue weighted by atomic mass is 9.78. The van der Waals surface area contributed by atoms with E-state index in [4.69, 9.17) is 10.5 Å². The highest BCUT2D eigenvalue weighted by molar-refractivity contribution is 5.47. The minimum atomic E-state index is 0.00162. The van der Waals surface area contributed by atoms with Gasteiger partial charge < -0.3 is 10.5 Å². The summed E-state index contributed by atoms with van der Waals surface area (Å²) in [6.45, 7) is 10.8. The maximum Gasteiger partial charge on any atom is 0.126 e. The molecule has 0 aliphatic rings. The molecule has 0 radical (unpaired) electrons. The third-order valence-electron chi connectivity index (χ3n) is 4.00. The molecule has 0 spiro atoms. The molecule has 1 aromatic carbocycles. The summed E-state index contributed by atoms with van der Waals surface area (Å²) in [5.41, 5.74) is 10.0. The zero-order valence-electron chi connectivity index (χ0n) is 11.9. The number of nitrogens with two attached hydrogens (primary N) is 1. The summed E-state index contributed by atoms with van der Waals surface area (Å²) < 4.78 is 5.54. The van der Waals surface area contributed by atoms with Gasteiger partial charge in [0.05, 0.1) is 7.11 Å². The van der Waals surface area contributed by atoms with Gasteiger partial charge in [0.1, 0.15) is 5.75 Å². The molecule has 0 bridgehead atoms. The summed E-state index contributed by atoms with van der Waals surface area (Å²) in [7, 11) is 1.72. The molecule has 1 unspecified atom stereocenters. The van der Waals surface area contributed by atoms with Crippen molar-refractivity contribution in [2.24, 2.45) is 11.1 Å². The van der Waals surface area contributed by atoms with E-state index in [1.54, 1.807) is 7.11 Å². The average molecular weight is 235 g/mol. The summed E-state index contributed by atoms with van der Waals surface area (Å²) >= 11 is 0. The van der Waals surface area contributed by atoms with E-state index < -0.39 is 0 Å². The second-order valence-electron chi connectivity index (χ2n) is 5.45. The van der Waals surface area contributed by atoms with Crippen LogP contribution in [-0.2, 0) is 0 Å². The molecule has 0 aromatic heterocycles. The smallest absolute Gasteiger partial charge is 0.126 e. The molecule has 0 fully saturated rings. The van der Waals surface area contributed by atoms with Crippen LogP contribution in [0.1, 0.15) is 49.9 Å². The van der Waals surface area contributed by atoms with E-state index in [-0.39, 0.29) is 11.5 Å². The zero-order valence-corrected chi connectivity index (χ0v) is 11.9. The predicted molar refractivity (Wildman–Crippen MR) is 73.5 cm³/mol. The number of aryl methyl sites for hydroxylation is 1. The molecule has 0 amide bonds. The van der Waals surface area contributed by atoms with Gasteiger partial charge in [0, 0.05) is 11.6 Å². The summed E-state index contributed by atoms with van der Waals surface area (Å²) in [5, 5.41) is 0. The molecule has 0 saturated heterocycles. The maximum absolute atomic E-state index is 6.40. The van der Waals surface area contributed by atoms with E-state index in [1.165, 1.54) is 11.1 Å². The van der Waals surface area contributed by atoms with E-state index in [9.17, 15) is 0 Å². The fourth-order valence-electron chi connectivity index (χ4n) is 1.97. The Bertz CT molecular complexity index is 396. The molecule has 1 aromatic rings. The second-order valence-corrected chi connectivity index (χ2v) is 5.45. The fraction of sp³-hybridized carbons (Fsp3) is 0.600. The molecule has 0 aliphatic carbocycles. The highest BCUT2D eigenvalue weighted by Gasteiger charge is 2.28. The Kier molecular flexibility index (Phi) is 4.21. The molecular formula is C15H25NO. The van der Waals surface area contributed by atoms with Gasteiger partial charge in [0.2, 0.25) is 0 Å². The standard InChI is InChI=1S/C15H25NO/c1-7-15(4,5)14(16)12-9-8-10(2)11(3)13(12)17-6/h8-9,14H,7,16H2,1-6H3. The number of methoxy groups -OCH3 is 1. The van der Waals surface area contributed by atoms with Gasteiger partial charge in [-0.1, -0.05) is 32.9 Å². The van der Waals surface area contributed by atoms with Crippen LogP contribution in [0.2, 0.25) is 0 Å². The number of benzene rings is 1. The van der Waals surface area contributed by atoms with Crippen LogP contribution in [0.3, 0.4) is 0 Å². The molecule has 1 rings (SSSR count). The SMILES string of the molecule is CCC(C)(C)C(N)c1ccc(C)c(C)c1OC. The number of ether oxygens (including phenoxy) is 1. The summed E-state index contributed by atoms with van der Waals surface area (Å²) in [6, 6.07) is 4.23. The first kappa shape index (κ1) is 14.0. The highest BCUT2D eigenvalue weighted by Crippen LogP contribution is 2.40. The van der Waals surface area contributed by atoms with Crippen LogP contribution in [0.25, 0.3) is 0 Å². The minimum absolute atomic E-state index is 0.00162. The molecule has 0 aliphatic heterocycles. The van der Waals surface area contributed by atoms with E-state index in [0.29, 0.717) is 0 Å². The van der Waals surface area contributed by atoms with Crippen molar-refractivity contribution in [2.75, 3.05) is 7.11 Å². The molecule has 17 heavy (non-hydrogen) atoms. The van der Waals surface area contributed by atoms with Crippen molar-refractivity contribution in [3.8, 4) is 5.75 Å². The molecule has 1 atom stereocenters. The zero-order chi connectivity index (χ0) is 13.2. The Labute approximate surface area is 105 Å². The largest absolute Gasteiger partial charge is 0.496 e. The Hall–Kier alpha value is -1.02. The van der Waals surface area contributed by atoms with Crippen LogP contribution in [0, 0.1) is 19.3 Å². The van der Waals surface area contributed by atoms with Gasteiger partial charge >= 0.3 is 0 Å². The Balaban J connectivity index is 3.27. The molecule has 2 N–H and O–H groups in total. The highest BCUT2D eigenvalue weighted by atomic mass is 16.5. The van der Waals surface area contributed by atoms with Gasteiger partial charge in [-0.15, -0.1) is 0 Å². The summed E-state index contributed by atoms with van der Waals surface area (Å²) in [6.07, 6.45) is 1.05. The second kappa shape index (κ2) is 5.09. The first-order valence-electron chi connectivity index (χ1n) is 6.24. The van der Waals surface area contributed by atoms with Gasteiger partial charge in [-0.05, 0) is 36.8 Å². The molecule has 2 nitrogen and oxygen atoms in total. The van der Waals surface area contributed by atoms with E-state index in [2.05, 4.69) is 46.8 Å². The predicted octanol–water partition coefficient (Wildman–Crippen LogP) is 3.75. The van der Waals surface area contributed by atoms with Gasteiger partial charge in [0.15, 0.2) is 0 Å². The Morgan fingerprint density at radius 1 is 1.29 bits per heavy atom. The van der Waals surface area contributed by atoms with Crippen LogP contribution >= 0.6 is 0 Å². The molecule has 0 heterocycles. The van der Waals surface area contributed by atoms with E-state index >= 15 is 0 Å². The minimum Gasteiger partial charge on any atom is -0.496 e. The third-order valence-corrected chi connectivity index (χ3v) is 4.00. The van der Waals surface area contributed by atoms with Crippen LogP contribution in [0.15, 0.2) is 12.1 Å². The van der Waals surface area contributed by atoms with Crippen molar-refractivity contribution >= 4 is 0 Å². The maximum atomic E-state index is 6.40. The van der Waals surface area contributed by atoms with Gasteiger partial charge in [-0.25, -0.2) is 0 Å². The molecular weight excluding hydrogens is 210 g/mol. The fourth-order valence-corrected chi connectivity index (χ4v) is 1.97. The summed E-state index contributed by atoms with van der Waals surface area (Å²) in [4.78, 5) is 0. The molecule has 2 heteroatoms. The van der Waals surface area contributed by atoms with Crippen molar-refractivity contribution in [2.45, 2.75) is 47.1 Å². The van der Waals surface area contributed by atoms with Gasteiger partial charge in [-0.3, -0.25) is 0 Å². The lowest BCUT2D eigenvalue weighted by Gasteiger charge is -2.32. The van der Waals surface area contributed by atoms with E-state index in [1.807, 2.05) is 0 Å². The van der Waals surface area contributed by atoms with Crippen LogP contribution in [0.4, 0.5) is 0 Å². The topological polar surface area (TPSA) is 35.2 Å². The number of hydrogen-bond donors (Lipinski definition) is 1. The molecule has 0 saturated carbocycles. The normalized spacial score (nSPS) is 13.6. The lowest BCUT2D eigenvalue weighted by Crippen LogP contribution is -2.29. The van der Waals surface area contributed by atoms with Crippen LogP contribution in [0.5, 0.6) is 5.75 Å². The van der Waals surface area contributed by atoms with Gasteiger partial charge in [-0.2, -0.15) is 0 Å². The third kappa shape index (κ3) is 2.63.